The van der Waals surface area contributed by atoms with Crippen LogP contribution >= 0.6 is 0 Å². The van der Waals surface area contributed by atoms with Gasteiger partial charge in [-0.1, -0.05) is 6.42 Å². The normalized spacial score (nSPS) is 16.0. The molecule has 1 aromatic rings. The summed E-state index contributed by atoms with van der Waals surface area (Å²) in [5.74, 6) is -1.40. The van der Waals surface area contributed by atoms with E-state index < -0.39 is 22.2 Å². The molecule has 1 heterocycles. The summed E-state index contributed by atoms with van der Waals surface area (Å²) in [7, 11) is 0. The first kappa shape index (κ1) is 15.0. The van der Waals surface area contributed by atoms with Gasteiger partial charge < -0.3 is 15.0 Å². The summed E-state index contributed by atoms with van der Waals surface area (Å²) in [4.78, 5) is 33.5. The van der Waals surface area contributed by atoms with Gasteiger partial charge in [-0.2, -0.15) is 0 Å². The minimum absolute atomic E-state index is 0.0455. The molecule has 0 aromatic carbocycles. The maximum absolute atomic E-state index is 12.1. The van der Waals surface area contributed by atoms with Crippen molar-refractivity contribution in [2.24, 2.45) is 5.41 Å². The number of carboxylic acids is 1. The molecule has 0 atom stereocenters. The number of nitrogens with one attached hydrogen (secondary N) is 1. The summed E-state index contributed by atoms with van der Waals surface area (Å²) in [6, 6.07) is 1.20. The number of nitro groups is 1. The zero-order chi connectivity index (χ0) is 15.6. The highest BCUT2D eigenvalue weighted by Crippen LogP contribution is 2.40. The number of hydrogen-bond donors (Lipinski definition) is 2. The summed E-state index contributed by atoms with van der Waals surface area (Å²) in [5.41, 5.74) is -0.867. The second-order valence-electron chi connectivity index (χ2n) is 5.25. The molecule has 1 aliphatic carbocycles. The molecule has 114 valence electrons. The van der Waals surface area contributed by atoms with Crippen LogP contribution in [0.25, 0.3) is 0 Å². The number of rotatable bonds is 6. The van der Waals surface area contributed by atoms with E-state index in [1.807, 2.05) is 0 Å². The molecule has 0 radical (unpaired) electrons. The van der Waals surface area contributed by atoms with E-state index >= 15 is 0 Å². The summed E-state index contributed by atoms with van der Waals surface area (Å²) >= 11 is 0. The van der Waals surface area contributed by atoms with Gasteiger partial charge in [-0.15, -0.1) is 0 Å². The molecule has 0 unspecified atom stereocenters. The van der Waals surface area contributed by atoms with Crippen molar-refractivity contribution < 1.29 is 19.6 Å². The molecule has 8 nitrogen and oxygen atoms in total. The topological polar surface area (TPSA) is 114 Å². The van der Waals surface area contributed by atoms with Gasteiger partial charge in [0.05, 0.1) is 16.5 Å². The third kappa shape index (κ3) is 2.74. The van der Waals surface area contributed by atoms with Crippen LogP contribution in [0.2, 0.25) is 0 Å². The van der Waals surface area contributed by atoms with Gasteiger partial charge in [-0.25, -0.2) is 0 Å². The molecular weight excluding hydrogens is 278 g/mol. The van der Waals surface area contributed by atoms with E-state index in [9.17, 15) is 24.8 Å². The van der Waals surface area contributed by atoms with E-state index in [1.165, 1.54) is 16.8 Å². The molecule has 0 spiro atoms. The Morgan fingerprint density at radius 3 is 2.62 bits per heavy atom. The molecule has 8 heteroatoms. The van der Waals surface area contributed by atoms with Gasteiger partial charge in [-0.05, 0) is 19.8 Å². The zero-order valence-electron chi connectivity index (χ0n) is 11.7. The fourth-order valence-electron chi connectivity index (χ4n) is 2.46. The highest BCUT2D eigenvalue weighted by molar-refractivity contribution is 5.94. The fourth-order valence-corrected chi connectivity index (χ4v) is 2.46. The molecule has 1 amide bonds. The summed E-state index contributed by atoms with van der Waals surface area (Å²) in [6.45, 7) is 2.23. The van der Waals surface area contributed by atoms with Crippen molar-refractivity contribution in [1.82, 2.24) is 9.88 Å². The minimum atomic E-state index is -0.911. The number of aromatic nitrogens is 1. The number of aliphatic carboxylic acids is 1. The lowest BCUT2D eigenvalue weighted by atomic mass is 9.69. The van der Waals surface area contributed by atoms with Crippen molar-refractivity contribution in [2.45, 2.75) is 32.7 Å². The summed E-state index contributed by atoms with van der Waals surface area (Å²) < 4.78 is 1.47. The SMILES string of the molecule is CCn1cc([N+](=O)[O-])cc1C(=O)NCC1(C(=O)O)CCC1. The van der Waals surface area contributed by atoms with Gasteiger partial charge in [0.2, 0.25) is 0 Å². The van der Waals surface area contributed by atoms with Gasteiger partial charge in [0.25, 0.3) is 11.6 Å². The molecule has 1 fully saturated rings. The third-order valence-corrected chi connectivity index (χ3v) is 4.02. The van der Waals surface area contributed by atoms with Crippen LogP contribution in [0.15, 0.2) is 12.3 Å². The number of amides is 1. The van der Waals surface area contributed by atoms with Gasteiger partial charge in [0.1, 0.15) is 5.69 Å². The lowest BCUT2D eigenvalue weighted by Gasteiger charge is -2.37. The van der Waals surface area contributed by atoms with Crippen molar-refractivity contribution in [3.05, 3.63) is 28.1 Å². The van der Waals surface area contributed by atoms with Crippen LogP contribution < -0.4 is 5.32 Å². The molecule has 1 saturated carbocycles. The summed E-state index contributed by atoms with van der Waals surface area (Å²) in [6.07, 6.45) is 3.21. The van der Waals surface area contributed by atoms with Gasteiger partial charge >= 0.3 is 5.97 Å². The monoisotopic (exact) mass is 295 g/mol. The Bertz CT molecular complexity index is 589. The molecule has 0 bridgehead atoms. The van der Waals surface area contributed by atoms with Crippen LogP contribution in [-0.4, -0.2) is 33.0 Å². The van der Waals surface area contributed by atoms with E-state index in [0.717, 1.165) is 6.42 Å². The molecule has 21 heavy (non-hydrogen) atoms. The highest BCUT2D eigenvalue weighted by atomic mass is 16.6. The lowest BCUT2D eigenvalue weighted by molar-refractivity contribution is -0.384. The Morgan fingerprint density at radius 2 is 2.19 bits per heavy atom. The van der Waals surface area contributed by atoms with Crippen LogP contribution in [0.5, 0.6) is 0 Å². The minimum Gasteiger partial charge on any atom is -0.481 e. The number of carboxylic acid groups (broad SMARTS) is 1. The average molecular weight is 295 g/mol. The molecule has 2 N–H and O–H groups in total. The quantitative estimate of drug-likeness (QED) is 0.608. The average Bonchev–Trinajstić information content (AvgIpc) is 2.81. The van der Waals surface area contributed by atoms with Gasteiger partial charge in [0.15, 0.2) is 0 Å². The second kappa shape index (κ2) is 5.55. The number of carbonyl (C=O) groups is 2. The number of hydrogen-bond acceptors (Lipinski definition) is 4. The van der Waals surface area contributed by atoms with Crippen molar-refractivity contribution in [1.29, 1.82) is 0 Å². The molecule has 0 saturated heterocycles. The van der Waals surface area contributed by atoms with Crippen LogP contribution in [0.1, 0.15) is 36.7 Å². The van der Waals surface area contributed by atoms with Gasteiger partial charge in [0, 0.05) is 19.2 Å². The molecule has 1 aromatic heterocycles. The smallest absolute Gasteiger partial charge is 0.311 e. The van der Waals surface area contributed by atoms with Crippen molar-refractivity contribution in [3.63, 3.8) is 0 Å². The Kier molecular flexibility index (Phi) is 3.97. The standard InChI is InChI=1S/C13H17N3O5/c1-2-15-7-9(16(20)21)6-10(15)11(17)14-8-13(12(18)19)4-3-5-13/h6-7H,2-5,8H2,1H3,(H,14,17)(H,18,19). The molecule has 2 rings (SSSR count). The predicted molar refractivity (Wildman–Crippen MR) is 73.0 cm³/mol. The Labute approximate surface area is 120 Å². The maximum Gasteiger partial charge on any atom is 0.311 e. The van der Waals surface area contributed by atoms with Crippen molar-refractivity contribution in [3.8, 4) is 0 Å². The van der Waals surface area contributed by atoms with Crippen LogP contribution in [0, 0.1) is 15.5 Å². The van der Waals surface area contributed by atoms with Crippen molar-refractivity contribution >= 4 is 17.6 Å². The largest absolute Gasteiger partial charge is 0.481 e. The Hall–Kier alpha value is -2.38. The van der Waals surface area contributed by atoms with E-state index in [2.05, 4.69) is 5.32 Å². The number of nitrogens with zero attached hydrogens (tertiary/aromatic N) is 2. The first-order valence-electron chi connectivity index (χ1n) is 6.76. The highest BCUT2D eigenvalue weighted by Gasteiger charge is 2.44. The Morgan fingerprint density at radius 1 is 1.52 bits per heavy atom. The summed E-state index contributed by atoms with van der Waals surface area (Å²) in [5, 5.41) is 22.5. The molecular formula is C13H17N3O5. The van der Waals surface area contributed by atoms with Crippen LogP contribution in [-0.2, 0) is 11.3 Å². The van der Waals surface area contributed by atoms with E-state index in [0.29, 0.717) is 19.4 Å². The molecule has 0 aliphatic heterocycles. The van der Waals surface area contributed by atoms with E-state index in [1.54, 1.807) is 6.92 Å². The van der Waals surface area contributed by atoms with Crippen molar-refractivity contribution in [2.75, 3.05) is 6.54 Å². The van der Waals surface area contributed by atoms with E-state index in [-0.39, 0.29) is 17.9 Å². The van der Waals surface area contributed by atoms with Crippen LogP contribution in [0.3, 0.4) is 0 Å². The third-order valence-electron chi connectivity index (χ3n) is 4.02. The maximum atomic E-state index is 12.1. The second-order valence-corrected chi connectivity index (χ2v) is 5.25. The lowest BCUT2D eigenvalue weighted by Crippen LogP contribution is -2.47. The number of carbonyl (C=O) groups excluding carboxylic acids is 1. The fraction of sp³-hybridized carbons (Fsp3) is 0.538. The van der Waals surface area contributed by atoms with E-state index in [4.69, 9.17) is 0 Å². The first-order chi connectivity index (χ1) is 9.89. The number of aryl methyl sites for hydroxylation is 1. The predicted octanol–water partition coefficient (Wildman–Crippen LogP) is 1.40. The Balaban J connectivity index is 2.10. The first-order valence-corrected chi connectivity index (χ1v) is 6.76. The van der Waals surface area contributed by atoms with Crippen LogP contribution in [0.4, 0.5) is 5.69 Å². The molecule has 1 aliphatic rings. The zero-order valence-corrected chi connectivity index (χ0v) is 11.7. The van der Waals surface area contributed by atoms with Gasteiger partial charge in [-0.3, -0.25) is 19.7 Å².